The Morgan fingerprint density at radius 2 is 1.52 bits per heavy atom. The van der Waals surface area contributed by atoms with Crippen molar-refractivity contribution >= 4 is 44.9 Å². The molecule has 4 aromatic heterocycles. The maximum atomic E-state index is 6.41. The van der Waals surface area contributed by atoms with Gasteiger partial charge in [-0.15, -0.1) is 0 Å². The lowest BCUT2D eigenvalue weighted by molar-refractivity contribution is 0.950. The Hall–Kier alpha value is -3.77. The third-order valence-electron chi connectivity index (χ3n) is 5.86. The van der Waals surface area contributed by atoms with Crippen LogP contribution in [-0.2, 0) is 14.1 Å². The normalized spacial score (nSPS) is 11.8. The van der Waals surface area contributed by atoms with E-state index in [4.69, 9.17) is 27.4 Å². The minimum absolute atomic E-state index is 0.533. The molecular weight excluding hydrogens is 408 g/mol. The van der Waals surface area contributed by atoms with Crippen LogP contribution in [0.15, 0.2) is 67.0 Å². The van der Waals surface area contributed by atoms with Crippen molar-refractivity contribution in [1.29, 1.82) is 0 Å². The summed E-state index contributed by atoms with van der Waals surface area (Å²) in [6, 6.07) is 18.0. The Kier molecular flexibility index (Phi) is 3.70. The summed E-state index contributed by atoms with van der Waals surface area (Å²) >= 11 is 6.26. The molecule has 0 aliphatic heterocycles. The van der Waals surface area contributed by atoms with Gasteiger partial charge in [-0.05, 0) is 24.3 Å². The number of halogens is 1. The molecule has 0 atom stereocenters. The summed E-state index contributed by atoms with van der Waals surface area (Å²) in [5.74, 6) is 0.533. The Morgan fingerprint density at radius 1 is 0.806 bits per heavy atom. The van der Waals surface area contributed by atoms with E-state index >= 15 is 0 Å². The number of nitrogens with two attached hydrogens (primary N) is 1. The zero-order valence-electron chi connectivity index (χ0n) is 17.0. The molecule has 0 fully saturated rings. The molecule has 152 valence electrons. The Morgan fingerprint density at radius 3 is 2.32 bits per heavy atom. The number of hydrogen-bond donors (Lipinski definition) is 1. The monoisotopic (exact) mass is 426 g/mol. The first-order chi connectivity index (χ1) is 15.0. The molecular formula is C24H19ClN6. The van der Waals surface area contributed by atoms with E-state index in [9.17, 15) is 0 Å². The third kappa shape index (κ3) is 2.65. The van der Waals surface area contributed by atoms with E-state index in [-0.39, 0.29) is 0 Å². The molecule has 31 heavy (non-hydrogen) atoms. The second kappa shape index (κ2) is 6.36. The summed E-state index contributed by atoms with van der Waals surface area (Å²) in [6.07, 6.45) is 4.15. The van der Waals surface area contributed by atoms with Crippen LogP contribution in [0.2, 0.25) is 5.02 Å². The fourth-order valence-corrected chi connectivity index (χ4v) is 4.55. The second-order valence-corrected chi connectivity index (χ2v) is 8.29. The van der Waals surface area contributed by atoms with Gasteiger partial charge >= 0.3 is 0 Å². The molecule has 4 heterocycles. The minimum Gasteiger partial charge on any atom is -0.384 e. The molecule has 0 aliphatic carbocycles. The van der Waals surface area contributed by atoms with Gasteiger partial charge in [0.15, 0.2) is 5.65 Å². The smallest absolute Gasteiger partial charge is 0.158 e. The molecule has 0 spiro atoms. The molecule has 2 N–H and O–H groups in total. The van der Waals surface area contributed by atoms with Gasteiger partial charge in [-0.2, -0.15) is 9.61 Å². The van der Waals surface area contributed by atoms with E-state index in [1.54, 1.807) is 4.52 Å². The Labute approximate surface area is 183 Å². The summed E-state index contributed by atoms with van der Waals surface area (Å²) < 4.78 is 5.87. The number of nitrogens with zero attached hydrogens (tertiary/aromatic N) is 5. The number of rotatable bonds is 2. The van der Waals surface area contributed by atoms with E-state index in [0.29, 0.717) is 16.5 Å². The first-order valence-corrected chi connectivity index (χ1v) is 10.3. The van der Waals surface area contributed by atoms with Gasteiger partial charge in [-0.3, -0.25) is 0 Å². The highest BCUT2D eigenvalue weighted by Crippen LogP contribution is 2.34. The highest BCUT2D eigenvalue weighted by molar-refractivity contribution is 6.31. The molecule has 6 rings (SSSR count). The van der Waals surface area contributed by atoms with Gasteiger partial charge < -0.3 is 14.9 Å². The lowest BCUT2D eigenvalue weighted by Crippen LogP contribution is -2.01. The van der Waals surface area contributed by atoms with Crippen LogP contribution in [0, 0.1) is 0 Å². The molecule has 0 radical (unpaired) electrons. The van der Waals surface area contributed by atoms with Crippen LogP contribution >= 0.6 is 11.6 Å². The second-order valence-electron chi connectivity index (χ2n) is 7.85. The number of anilines is 1. The number of nitrogen functional groups attached to an aromatic ring is 1. The highest BCUT2D eigenvalue weighted by Gasteiger charge is 2.16. The number of hydrogen-bond acceptors (Lipinski definition) is 3. The minimum atomic E-state index is 0.533. The molecule has 7 heteroatoms. The molecule has 6 nitrogen and oxygen atoms in total. The van der Waals surface area contributed by atoms with Gasteiger partial charge in [0.1, 0.15) is 5.82 Å². The molecule has 0 unspecified atom stereocenters. The van der Waals surface area contributed by atoms with Crippen LogP contribution in [-0.4, -0.2) is 23.7 Å². The zero-order chi connectivity index (χ0) is 21.3. The van der Waals surface area contributed by atoms with E-state index in [1.165, 1.54) is 0 Å². The van der Waals surface area contributed by atoms with Crippen LogP contribution in [0.3, 0.4) is 0 Å². The number of aryl methyl sites for hydroxylation is 2. The van der Waals surface area contributed by atoms with Crippen molar-refractivity contribution in [3.8, 4) is 22.5 Å². The van der Waals surface area contributed by atoms with Gasteiger partial charge in [0, 0.05) is 76.6 Å². The van der Waals surface area contributed by atoms with Crippen LogP contribution in [0.25, 0.3) is 50.0 Å². The quantitative estimate of drug-likeness (QED) is 0.409. The first-order valence-electron chi connectivity index (χ1n) is 9.95. The third-order valence-corrected chi connectivity index (χ3v) is 6.09. The fourth-order valence-electron chi connectivity index (χ4n) is 4.38. The predicted molar refractivity (Wildman–Crippen MR) is 126 cm³/mol. The van der Waals surface area contributed by atoms with Crippen molar-refractivity contribution in [3.63, 3.8) is 0 Å². The van der Waals surface area contributed by atoms with Crippen molar-refractivity contribution in [2.45, 2.75) is 0 Å². The summed E-state index contributed by atoms with van der Waals surface area (Å²) in [5.41, 5.74) is 13.0. The molecule has 0 bridgehead atoms. The van der Waals surface area contributed by atoms with Crippen molar-refractivity contribution in [1.82, 2.24) is 23.7 Å². The number of benzene rings is 2. The lowest BCUT2D eigenvalue weighted by Gasteiger charge is -2.03. The fraction of sp³-hybridized carbons (Fsp3) is 0.0833. The largest absolute Gasteiger partial charge is 0.384 e. The molecule has 0 saturated carbocycles. The van der Waals surface area contributed by atoms with E-state index in [1.807, 2.05) is 56.6 Å². The van der Waals surface area contributed by atoms with Crippen LogP contribution in [0.1, 0.15) is 0 Å². The Bertz CT molecular complexity index is 1640. The van der Waals surface area contributed by atoms with Crippen LogP contribution < -0.4 is 5.73 Å². The first kappa shape index (κ1) is 18.0. The van der Waals surface area contributed by atoms with E-state index < -0.39 is 0 Å². The maximum Gasteiger partial charge on any atom is 0.158 e. The molecule has 2 aromatic carbocycles. The SMILES string of the molecule is Cn1cc(-c2cc(N)n3nc(-c4cn(C)c5ccccc45)cc3n2)c2cc(Cl)ccc21. The number of para-hydroxylation sites is 1. The van der Waals surface area contributed by atoms with Crippen LogP contribution in [0.5, 0.6) is 0 Å². The van der Waals surface area contributed by atoms with Crippen molar-refractivity contribution in [3.05, 3.63) is 72.0 Å². The summed E-state index contributed by atoms with van der Waals surface area (Å²) in [4.78, 5) is 4.89. The molecule has 6 aromatic rings. The zero-order valence-corrected chi connectivity index (χ0v) is 17.8. The van der Waals surface area contributed by atoms with Crippen molar-refractivity contribution < 1.29 is 0 Å². The van der Waals surface area contributed by atoms with Crippen molar-refractivity contribution in [2.75, 3.05) is 5.73 Å². The molecule has 0 aliphatic rings. The van der Waals surface area contributed by atoms with Crippen LogP contribution in [0.4, 0.5) is 5.82 Å². The van der Waals surface area contributed by atoms with Gasteiger partial charge in [0.2, 0.25) is 0 Å². The van der Waals surface area contributed by atoms with Crippen molar-refractivity contribution in [2.24, 2.45) is 14.1 Å². The van der Waals surface area contributed by atoms with Gasteiger partial charge in [0.25, 0.3) is 0 Å². The number of fused-ring (bicyclic) bond motifs is 3. The predicted octanol–water partition coefficient (Wildman–Crippen LogP) is 5.28. The Balaban J connectivity index is 1.56. The number of aromatic nitrogens is 5. The van der Waals surface area contributed by atoms with Gasteiger partial charge in [-0.1, -0.05) is 29.8 Å². The van der Waals surface area contributed by atoms with Gasteiger partial charge in [-0.25, -0.2) is 4.98 Å². The summed E-state index contributed by atoms with van der Waals surface area (Å²) in [7, 11) is 4.05. The standard InChI is InChI=1S/C24H19ClN6/c1-29-12-17(15-5-3-4-6-21(15)29)20-11-24-27-19(10-23(26)31(24)28-20)18-13-30(2)22-8-7-14(25)9-16(18)22/h3-13H,26H2,1-2H3. The highest BCUT2D eigenvalue weighted by atomic mass is 35.5. The summed E-state index contributed by atoms with van der Waals surface area (Å²) in [6.45, 7) is 0. The van der Waals surface area contributed by atoms with E-state index in [0.717, 1.165) is 44.3 Å². The summed E-state index contributed by atoms with van der Waals surface area (Å²) in [5, 5.41) is 7.63. The lowest BCUT2D eigenvalue weighted by atomic mass is 10.1. The molecule has 0 saturated heterocycles. The topological polar surface area (TPSA) is 66.1 Å². The van der Waals surface area contributed by atoms with Gasteiger partial charge in [0.05, 0.1) is 11.4 Å². The molecule has 0 amide bonds. The average molecular weight is 427 g/mol. The van der Waals surface area contributed by atoms with E-state index in [2.05, 4.69) is 33.7 Å². The average Bonchev–Trinajstić information content (AvgIpc) is 3.42. The maximum absolute atomic E-state index is 6.41.